The molecule has 0 saturated heterocycles. The first-order valence-corrected chi connectivity index (χ1v) is 6.31. The highest BCUT2D eigenvalue weighted by Gasteiger charge is 2.10. The molecule has 0 saturated carbocycles. The van der Waals surface area contributed by atoms with Gasteiger partial charge in [0.2, 0.25) is 0 Å². The molecular formula is C15H9N2O6-. The van der Waals surface area contributed by atoms with Crippen LogP contribution in [0.1, 0.15) is 15.9 Å². The molecule has 8 heteroatoms. The highest BCUT2D eigenvalue weighted by Crippen LogP contribution is 2.24. The summed E-state index contributed by atoms with van der Waals surface area (Å²) in [7, 11) is 0. The SMILES string of the molecule is O=C(/C=C/c1ccc([O-])c([N+](=O)[O-])c1)c1cccc([N+](=O)[O-])c1. The molecule has 8 nitrogen and oxygen atoms in total. The van der Waals surface area contributed by atoms with Crippen molar-refractivity contribution in [1.29, 1.82) is 0 Å². The van der Waals surface area contributed by atoms with Crippen LogP contribution in [0.25, 0.3) is 6.08 Å². The van der Waals surface area contributed by atoms with Crippen LogP contribution >= 0.6 is 0 Å². The second-order valence-corrected chi connectivity index (χ2v) is 4.49. The Morgan fingerprint density at radius 3 is 2.39 bits per heavy atom. The average molecular weight is 313 g/mol. The third-order valence-corrected chi connectivity index (χ3v) is 2.95. The number of carbonyl (C=O) groups excluding carboxylic acids is 1. The molecule has 0 aromatic heterocycles. The van der Waals surface area contributed by atoms with E-state index in [4.69, 9.17) is 0 Å². The van der Waals surface area contributed by atoms with Gasteiger partial charge in [-0.3, -0.25) is 25.0 Å². The number of non-ortho nitro benzene ring substituents is 1. The molecule has 0 amide bonds. The molecule has 0 spiro atoms. The van der Waals surface area contributed by atoms with Gasteiger partial charge >= 0.3 is 0 Å². The Bertz CT molecular complexity index is 828. The third kappa shape index (κ3) is 3.76. The van der Waals surface area contributed by atoms with Crippen molar-refractivity contribution in [2.45, 2.75) is 0 Å². The minimum absolute atomic E-state index is 0.116. The first-order chi connectivity index (χ1) is 10.9. The average Bonchev–Trinajstić information content (AvgIpc) is 2.53. The van der Waals surface area contributed by atoms with Gasteiger partial charge in [-0.15, -0.1) is 0 Å². The van der Waals surface area contributed by atoms with Gasteiger partial charge in [-0.1, -0.05) is 30.3 Å². The van der Waals surface area contributed by atoms with E-state index in [1.807, 2.05) is 0 Å². The van der Waals surface area contributed by atoms with Crippen LogP contribution in [0.2, 0.25) is 0 Å². The summed E-state index contributed by atoms with van der Waals surface area (Å²) in [5.74, 6) is -1.22. The summed E-state index contributed by atoms with van der Waals surface area (Å²) in [6, 6.07) is 8.63. The number of rotatable bonds is 5. The van der Waals surface area contributed by atoms with E-state index in [0.717, 1.165) is 24.3 Å². The molecule has 116 valence electrons. The Labute approximate surface area is 129 Å². The lowest BCUT2D eigenvalue weighted by Crippen LogP contribution is -1.98. The molecule has 0 heterocycles. The Morgan fingerprint density at radius 2 is 1.74 bits per heavy atom. The fourth-order valence-electron chi connectivity index (χ4n) is 1.82. The molecule has 2 aromatic rings. The lowest BCUT2D eigenvalue weighted by molar-refractivity contribution is -0.398. The van der Waals surface area contributed by atoms with E-state index in [0.29, 0.717) is 5.56 Å². The summed E-state index contributed by atoms with van der Waals surface area (Å²) in [4.78, 5) is 31.9. The van der Waals surface area contributed by atoms with E-state index >= 15 is 0 Å². The van der Waals surface area contributed by atoms with Gasteiger partial charge in [-0.2, -0.15) is 0 Å². The predicted molar refractivity (Wildman–Crippen MR) is 79.0 cm³/mol. The van der Waals surface area contributed by atoms with Crippen LogP contribution in [-0.2, 0) is 0 Å². The Kier molecular flexibility index (Phi) is 4.46. The fraction of sp³-hybridized carbons (Fsp3) is 0. The molecule has 0 aliphatic rings. The quantitative estimate of drug-likeness (QED) is 0.361. The molecule has 0 N–H and O–H groups in total. The van der Waals surface area contributed by atoms with E-state index in [-0.39, 0.29) is 11.3 Å². The van der Waals surface area contributed by atoms with Crippen LogP contribution in [0, 0.1) is 20.2 Å². The summed E-state index contributed by atoms with van der Waals surface area (Å²) in [5, 5.41) is 32.6. The van der Waals surface area contributed by atoms with E-state index in [9.17, 15) is 30.1 Å². The molecule has 0 unspecified atom stereocenters. The molecule has 2 rings (SSSR count). The Morgan fingerprint density at radius 1 is 1.00 bits per heavy atom. The maximum atomic E-state index is 12.0. The Hall–Kier alpha value is -3.55. The van der Waals surface area contributed by atoms with Crippen LogP contribution in [0.3, 0.4) is 0 Å². The fourth-order valence-corrected chi connectivity index (χ4v) is 1.82. The van der Waals surface area contributed by atoms with Crippen LogP contribution in [0.15, 0.2) is 48.5 Å². The van der Waals surface area contributed by atoms with Crippen molar-refractivity contribution in [3.63, 3.8) is 0 Å². The minimum atomic E-state index is -0.804. The molecule has 0 radical (unpaired) electrons. The second kappa shape index (κ2) is 6.48. The van der Waals surface area contributed by atoms with Gasteiger partial charge in [-0.25, -0.2) is 0 Å². The third-order valence-electron chi connectivity index (χ3n) is 2.95. The highest BCUT2D eigenvalue weighted by molar-refractivity contribution is 6.07. The summed E-state index contributed by atoms with van der Waals surface area (Å²) in [6.07, 6.45) is 2.43. The maximum absolute atomic E-state index is 12.0. The molecule has 0 aliphatic heterocycles. The minimum Gasteiger partial charge on any atom is -0.868 e. The molecule has 2 aromatic carbocycles. The number of allylic oxidation sites excluding steroid dienone is 1. The molecule has 0 aliphatic carbocycles. The van der Waals surface area contributed by atoms with Gasteiger partial charge in [0.05, 0.1) is 9.85 Å². The van der Waals surface area contributed by atoms with Crippen molar-refractivity contribution in [3.05, 3.63) is 79.9 Å². The Balaban J connectivity index is 2.25. The largest absolute Gasteiger partial charge is 0.868 e. The van der Waals surface area contributed by atoms with Crippen LogP contribution in [-0.4, -0.2) is 15.6 Å². The zero-order chi connectivity index (χ0) is 17.0. The standard InChI is InChI=1S/C15H10N2O6/c18-14(11-2-1-3-12(9-11)16(20)21)6-4-10-5-7-15(19)13(8-10)17(22)23/h1-9,19H/p-1/b6-4+. The summed E-state index contributed by atoms with van der Waals surface area (Å²) in [6.45, 7) is 0. The summed E-state index contributed by atoms with van der Waals surface area (Å²) < 4.78 is 0. The molecule has 0 atom stereocenters. The van der Waals surface area contributed by atoms with Crippen molar-refractivity contribution < 1.29 is 19.7 Å². The van der Waals surface area contributed by atoms with Crippen LogP contribution < -0.4 is 5.11 Å². The lowest BCUT2D eigenvalue weighted by Gasteiger charge is -2.06. The first kappa shape index (κ1) is 15.8. The molecule has 0 bridgehead atoms. The second-order valence-electron chi connectivity index (χ2n) is 4.49. The van der Waals surface area contributed by atoms with Gasteiger partial charge in [0.25, 0.3) is 11.4 Å². The van der Waals surface area contributed by atoms with Gasteiger partial charge in [0.15, 0.2) is 5.78 Å². The number of nitro groups is 2. The number of hydrogen-bond acceptors (Lipinski definition) is 6. The van der Waals surface area contributed by atoms with E-state index in [1.54, 1.807) is 0 Å². The highest BCUT2D eigenvalue weighted by atomic mass is 16.6. The van der Waals surface area contributed by atoms with E-state index in [1.165, 1.54) is 30.3 Å². The monoisotopic (exact) mass is 313 g/mol. The molecule has 0 fully saturated rings. The van der Waals surface area contributed by atoms with Crippen LogP contribution in [0.5, 0.6) is 5.75 Å². The number of nitro benzene ring substituents is 2. The van der Waals surface area contributed by atoms with Gasteiger partial charge in [-0.05, 0) is 17.4 Å². The van der Waals surface area contributed by atoms with Gasteiger partial charge in [0.1, 0.15) is 0 Å². The van der Waals surface area contributed by atoms with Crippen molar-refractivity contribution >= 4 is 23.2 Å². The van der Waals surface area contributed by atoms with E-state index < -0.39 is 27.1 Å². The molecule has 23 heavy (non-hydrogen) atoms. The number of ketones is 1. The van der Waals surface area contributed by atoms with Crippen molar-refractivity contribution in [2.75, 3.05) is 0 Å². The van der Waals surface area contributed by atoms with Crippen LogP contribution in [0.4, 0.5) is 11.4 Å². The maximum Gasteiger partial charge on any atom is 0.270 e. The number of nitrogens with zero attached hydrogens (tertiary/aromatic N) is 2. The smallest absolute Gasteiger partial charge is 0.270 e. The van der Waals surface area contributed by atoms with Gasteiger partial charge in [0, 0.05) is 23.8 Å². The number of carbonyl (C=O) groups is 1. The normalized spacial score (nSPS) is 10.6. The number of hydrogen-bond donors (Lipinski definition) is 0. The lowest BCUT2D eigenvalue weighted by atomic mass is 10.1. The van der Waals surface area contributed by atoms with E-state index in [2.05, 4.69) is 0 Å². The first-order valence-electron chi connectivity index (χ1n) is 6.31. The number of benzene rings is 2. The zero-order valence-corrected chi connectivity index (χ0v) is 11.5. The summed E-state index contributed by atoms with van der Waals surface area (Å²) in [5.41, 5.74) is -0.383. The van der Waals surface area contributed by atoms with Crippen molar-refractivity contribution in [1.82, 2.24) is 0 Å². The molecular weight excluding hydrogens is 304 g/mol. The topological polar surface area (TPSA) is 126 Å². The van der Waals surface area contributed by atoms with Crippen molar-refractivity contribution in [3.8, 4) is 5.75 Å². The van der Waals surface area contributed by atoms with Gasteiger partial charge < -0.3 is 5.11 Å². The van der Waals surface area contributed by atoms with Crippen molar-refractivity contribution in [2.24, 2.45) is 0 Å². The zero-order valence-electron chi connectivity index (χ0n) is 11.5. The predicted octanol–water partition coefficient (Wildman–Crippen LogP) is 2.47. The summed E-state index contributed by atoms with van der Waals surface area (Å²) >= 11 is 0.